The van der Waals surface area contributed by atoms with Gasteiger partial charge in [0, 0.05) is 18.8 Å². The van der Waals surface area contributed by atoms with Crippen LogP contribution in [0.5, 0.6) is 0 Å². The summed E-state index contributed by atoms with van der Waals surface area (Å²) in [6, 6.07) is 1.48. The molecular weight excluding hydrogens is 328 g/mol. The van der Waals surface area contributed by atoms with E-state index in [9.17, 15) is 0 Å². The Bertz CT molecular complexity index is 264. The Balaban J connectivity index is 1.89. The minimum atomic E-state index is 0.739. The van der Waals surface area contributed by atoms with E-state index in [0.717, 1.165) is 18.8 Å². The summed E-state index contributed by atoms with van der Waals surface area (Å²) in [6.07, 6.45) is 28.7. The maximum Gasteiger partial charge on any atom is 0.0459 e. The van der Waals surface area contributed by atoms with E-state index in [1.165, 1.54) is 128 Å². The molecule has 0 radical (unpaired) electrons. The topological polar surface area (TPSA) is 24.1 Å². The Morgan fingerprint density at radius 2 is 0.741 bits per heavy atom. The van der Waals surface area contributed by atoms with Gasteiger partial charge in [-0.25, -0.2) is 0 Å². The van der Waals surface area contributed by atoms with Crippen LogP contribution in [0.1, 0.15) is 142 Å². The summed E-state index contributed by atoms with van der Waals surface area (Å²) in [5, 5.41) is 7.40. The van der Waals surface area contributed by atoms with E-state index in [2.05, 4.69) is 24.5 Å². The van der Waals surface area contributed by atoms with Gasteiger partial charge in [-0.15, -0.1) is 0 Å². The van der Waals surface area contributed by atoms with Crippen LogP contribution in [0, 0.1) is 0 Å². The van der Waals surface area contributed by atoms with E-state index >= 15 is 0 Å². The molecule has 2 unspecified atom stereocenters. The lowest BCUT2D eigenvalue weighted by Gasteiger charge is -2.19. The molecule has 0 aliphatic carbocycles. The molecule has 2 atom stereocenters. The number of hydrogen-bond acceptors (Lipinski definition) is 2. The van der Waals surface area contributed by atoms with Gasteiger partial charge in [0.25, 0.3) is 0 Å². The van der Waals surface area contributed by atoms with Crippen LogP contribution in [0.3, 0.4) is 0 Å². The van der Waals surface area contributed by atoms with Gasteiger partial charge in [0.15, 0.2) is 0 Å². The lowest BCUT2D eigenvalue weighted by atomic mass is 9.96. The van der Waals surface area contributed by atoms with Crippen LogP contribution in [0.2, 0.25) is 0 Å². The van der Waals surface area contributed by atoms with Crippen LogP contribution in [0.15, 0.2) is 0 Å². The second-order valence-corrected chi connectivity index (χ2v) is 9.03. The molecule has 0 bridgehead atoms. The molecule has 27 heavy (non-hydrogen) atoms. The number of hydrogen-bond donors (Lipinski definition) is 2. The third kappa shape index (κ3) is 14.6. The van der Waals surface area contributed by atoms with Crippen molar-refractivity contribution < 1.29 is 0 Å². The minimum absolute atomic E-state index is 0.739. The summed E-state index contributed by atoms with van der Waals surface area (Å²) < 4.78 is 0. The highest BCUT2D eigenvalue weighted by molar-refractivity contribution is 4.87. The predicted octanol–water partition coefficient (Wildman–Crippen LogP) is 7.72. The van der Waals surface area contributed by atoms with Crippen molar-refractivity contribution in [3.05, 3.63) is 0 Å². The molecule has 1 aliphatic rings. The summed E-state index contributed by atoms with van der Waals surface area (Å²) in [7, 11) is 0. The zero-order valence-corrected chi connectivity index (χ0v) is 19.0. The van der Waals surface area contributed by atoms with Crippen LogP contribution < -0.4 is 10.6 Å². The third-order valence-corrected chi connectivity index (χ3v) is 6.45. The van der Waals surface area contributed by atoms with Gasteiger partial charge in [-0.05, 0) is 12.8 Å². The second-order valence-electron chi connectivity index (χ2n) is 9.03. The van der Waals surface area contributed by atoms with Gasteiger partial charge in [-0.1, -0.05) is 129 Å². The van der Waals surface area contributed by atoms with Gasteiger partial charge in [-0.3, -0.25) is 0 Å². The van der Waals surface area contributed by atoms with Gasteiger partial charge in [-0.2, -0.15) is 0 Å². The average molecular weight is 381 g/mol. The molecule has 0 saturated carbocycles. The molecule has 2 N–H and O–H groups in total. The summed E-state index contributed by atoms with van der Waals surface area (Å²) in [6.45, 7) is 5.63. The molecule has 0 aromatic carbocycles. The van der Waals surface area contributed by atoms with E-state index in [4.69, 9.17) is 0 Å². The van der Waals surface area contributed by atoms with E-state index < -0.39 is 0 Å². The second kappa shape index (κ2) is 19.2. The fourth-order valence-electron chi connectivity index (χ4n) is 4.56. The molecule has 0 amide bonds. The average Bonchev–Trinajstić information content (AvgIpc) is 3.12. The molecule has 1 aliphatic heterocycles. The quantitative estimate of drug-likeness (QED) is 0.211. The van der Waals surface area contributed by atoms with Crippen LogP contribution in [-0.2, 0) is 0 Å². The largest absolute Gasteiger partial charge is 0.300 e. The Labute approximate surface area is 172 Å². The number of unbranched alkanes of at least 4 members (excludes halogenated alkanes) is 16. The van der Waals surface area contributed by atoms with Crippen LogP contribution in [-0.4, -0.2) is 18.8 Å². The van der Waals surface area contributed by atoms with Crippen molar-refractivity contribution >= 4 is 0 Å². The standard InChI is InChI=1S/C25H52N2/c1-3-5-7-9-11-13-15-17-19-21-24-25(27-23-26-24)22-20-18-16-14-12-10-8-6-4-2/h24-27H,3-23H2,1-2H3. The van der Waals surface area contributed by atoms with Gasteiger partial charge in [0.2, 0.25) is 0 Å². The zero-order chi connectivity index (χ0) is 19.4. The monoisotopic (exact) mass is 380 g/mol. The van der Waals surface area contributed by atoms with E-state index in [0.29, 0.717) is 0 Å². The zero-order valence-electron chi connectivity index (χ0n) is 19.0. The highest BCUT2D eigenvalue weighted by atomic mass is 15.2. The lowest BCUT2D eigenvalue weighted by molar-refractivity contribution is 0.418. The van der Waals surface area contributed by atoms with E-state index in [-0.39, 0.29) is 0 Å². The Morgan fingerprint density at radius 3 is 1.07 bits per heavy atom. The van der Waals surface area contributed by atoms with Crippen molar-refractivity contribution in [1.29, 1.82) is 0 Å². The summed E-state index contributed by atoms with van der Waals surface area (Å²) in [5.41, 5.74) is 0. The summed E-state index contributed by atoms with van der Waals surface area (Å²) >= 11 is 0. The first-order chi connectivity index (χ1) is 13.4. The first-order valence-electron chi connectivity index (χ1n) is 12.8. The smallest absolute Gasteiger partial charge is 0.0459 e. The molecule has 0 spiro atoms. The van der Waals surface area contributed by atoms with E-state index in [1.54, 1.807) is 0 Å². The molecule has 2 heteroatoms. The Morgan fingerprint density at radius 1 is 0.444 bits per heavy atom. The van der Waals surface area contributed by atoms with Crippen LogP contribution in [0.4, 0.5) is 0 Å². The van der Waals surface area contributed by atoms with E-state index in [1.807, 2.05) is 0 Å². The molecule has 1 saturated heterocycles. The summed E-state index contributed by atoms with van der Waals surface area (Å²) in [4.78, 5) is 0. The van der Waals surface area contributed by atoms with Crippen molar-refractivity contribution in [2.75, 3.05) is 6.67 Å². The SMILES string of the molecule is CCCCCCCCCCCC1NCNC1CCCCCCCCCCC. The molecule has 1 rings (SSSR count). The van der Waals surface area contributed by atoms with Gasteiger partial charge in [0.05, 0.1) is 0 Å². The molecule has 0 aromatic rings. The van der Waals surface area contributed by atoms with Crippen LogP contribution >= 0.6 is 0 Å². The van der Waals surface area contributed by atoms with Crippen molar-refractivity contribution in [3.8, 4) is 0 Å². The third-order valence-electron chi connectivity index (χ3n) is 6.45. The van der Waals surface area contributed by atoms with Gasteiger partial charge < -0.3 is 10.6 Å². The number of rotatable bonds is 20. The molecule has 1 heterocycles. The lowest BCUT2D eigenvalue weighted by Crippen LogP contribution is -2.33. The molecular formula is C25H52N2. The summed E-state index contributed by atoms with van der Waals surface area (Å²) in [5.74, 6) is 0. The van der Waals surface area contributed by atoms with Crippen molar-refractivity contribution in [2.45, 2.75) is 154 Å². The maximum atomic E-state index is 3.70. The Hall–Kier alpha value is -0.0800. The van der Waals surface area contributed by atoms with Crippen molar-refractivity contribution in [2.24, 2.45) is 0 Å². The molecule has 162 valence electrons. The maximum absolute atomic E-state index is 3.70. The highest BCUT2D eigenvalue weighted by Gasteiger charge is 2.24. The Kier molecular flexibility index (Phi) is 17.8. The number of nitrogens with one attached hydrogen (secondary N) is 2. The first kappa shape index (κ1) is 25.0. The minimum Gasteiger partial charge on any atom is -0.300 e. The molecule has 2 nitrogen and oxygen atoms in total. The van der Waals surface area contributed by atoms with Gasteiger partial charge >= 0.3 is 0 Å². The van der Waals surface area contributed by atoms with Crippen LogP contribution in [0.25, 0.3) is 0 Å². The van der Waals surface area contributed by atoms with Crippen molar-refractivity contribution in [1.82, 2.24) is 10.6 Å². The fraction of sp³-hybridized carbons (Fsp3) is 1.00. The van der Waals surface area contributed by atoms with Gasteiger partial charge in [0.1, 0.15) is 0 Å². The highest BCUT2D eigenvalue weighted by Crippen LogP contribution is 2.18. The molecule has 1 fully saturated rings. The normalized spacial score (nSPS) is 19.8. The fourth-order valence-corrected chi connectivity index (χ4v) is 4.56. The molecule has 0 aromatic heterocycles. The predicted molar refractivity (Wildman–Crippen MR) is 122 cm³/mol. The first-order valence-corrected chi connectivity index (χ1v) is 12.8. The van der Waals surface area contributed by atoms with Crippen molar-refractivity contribution in [3.63, 3.8) is 0 Å².